The summed E-state index contributed by atoms with van der Waals surface area (Å²) >= 11 is 0. The van der Waals surface area contributed by atoms with Crippen LogP contribution in [0.3, 0.4) is 0 Å². The maximum Gasteiger partial charge on any atom is 0.274 e. The van der Waals surface area contributed by atoms with E-state index in [-0.39, 0.29) is 23.2 Å². The number of nitrogens with one attached hydrogen (secondary N) is 1. The minimum Gasteiger partial charge on any atom is -0.362 e. The van der Waals surface area contributed by atoms with Gasteiger partial charge in [-0.3, -0.25) is 9.59 Å². The van der Waals surface area contributed by atoms with Gasteiger partial charge in [-0.2, -0.15) is 5.10 Å². The number of benzene rings is 2. The van der Waals surface area contributed by atoms with Crippen LogP contribution in [0.2, 0.25) is 0 Å². The Bertz CT molecular complexity index is 1370. The van der Waals surface area contributed by atoms with E-state index in [1.807, 2.05) is 12.1 Å². The zero-order chi connectivity index (χ0) is 20.1. The molecule has 0 amide bonds. The number of hydrogen-bond donors (Lipinski definition) is 1. The maximum absolute atomic E-state index is 12.6. The molecule has 2 heterocycles. The van der Waals surface area contributed by atoms with E-state index in [0.717, 1.165) is 18.4 Å². The SMILES string of the molecule is C[C@@H](Nc1nn(C)c(=O)c2cc(=O)n(C3CC3)cc12)c1ccc2ccccc2c1. The Hall–Kier alpha value is -3.41. The lowest BCUT2D eigenvalue weighted by Gasteiger charge is -2.18. The molecular weight excluding hydrogens is 364 g/mol. The summed E-state index contributed by atoms with van der Waals surface area (Å²) in [5, 5.41) is 11.4. The Kier molecular flexibility index (Phi) is 4.01. The standard InChI is InChI=1S/C23H22N4O2/c1-14(16-8-7-15-5-3-4-6-17(15)11-16)24-22-20-13-27(18-9-10-18)21(28)12-19(20)23(29)26(2)25-22/h3-8,11-14,18H,9-10H2,1-2H3,(H,24,25)/t14-/m1/s1. The van der Waals surface area contributed by atoms with Crippen LogP contribution in [0.4, 0.5) is 5.82 Å². The molecule has 146 valence electrons. The van der Waals surface area contributed by atoms with Crippen LogP contribution in [-0.4, -0.2) is 14.3 Å². The normalized spacial score (nSPS) is 15.0. The monoisotopic (exact) mass is 386 g/mol. The van der Waals surface area contributed by atoms with Gasteiger partial charge in [0, 0.05) is 30.7 Å². The smallest absolute Gasteiger partial charge is 0.274 e. The van der Waals surface area contributed by atoms with Crippen LogP contribution >= 0.6 is 0 Å². The lowest BCUT2D eigenvalue weighted by atomic mass is 10.0. The third-order valence-corrected chi connectivity index (χ3v) is 5.68. The van der Waals surface area contributed by atoms with E-state index in [0.29, 0.717) is 16.6 Å². The number of anilines is 1. The highest BCUT2D eigenvalue weighted by atomic mass is 16.1. The number of hydrogen-bond acceptors (Lipinski definition) is 4. The topological polar surface area (TPSA) is 68.9 Å². The van der Waals surface area contributed by atoms with E-state index in [1.165, 1.54) is 21.5 Å². The van der Waals surface area contributed by atoms with Crippen molar-refractivity contribution in [2.24, 2.45) is 7.05 Å². The molecule has 1 aliphatic rings. The minimum atomic E-state index is -0.260. The van der Waals surface area contributed by atoms with Gasteiger partial charge in [0.1, 0.15) is 0 Å². The molecule has 0 radical (unpaired) electrons. The number of pyridine rings is 1. The van der Waals surface area contributed by atoms with Gasteiger partial charge in [-0.05, 0) is 42.2 Å². The van der Waals surface area contributed by atoms with E-state index < -0.39 is 0 Å². The zero-order valence-electron chi connectivity index (χ0n) is 16.4. The number of aryl methyl sites for hydroxylation is 1. The van der Waals surface area contributed by atoms with Crippen LogP contribution in [0.25, 0.3) is 21.5 Å². The van der Waals surface area contributed by atoms with Crippen LogP contribution < -0.4 is 16.4 Å². The largest absolute Gasteiger partial charge is 0.362 e. The van der Waals surface area contributed by atoms with Gasteiger partial charge in [-0.1, -0.05) is 36.4 Å². The van der Waals surface area contributed by atoms with E-state index in [4.69, 9.17) is 0 Å². The van der Waals surface area contributed by atoms with Crippen molar-refractivity contribution in [2.45, 2.75) is 31.8 Å². The van der Waals surface area contributed by atoms with Crippen LogP contribution in [0.15, 0.2) is 64.3 Å². The summed E-state index contributed by atoms with van der Waals surface area (Å²) in [6.07, 6.45) is 3.79. The second-order valence-electron chi connectivity index (χ2n) is 7.83. The van der Waals surface area contributed by atoms with E-state index in [9.17, 15) is 9.59 Å². The van der Waals surface area contributed by atoms with Gasteiger partial charge in [0.2, 0.25) is 0 Å². The second-order valence-corrected chi connectivity index (χ2v) is 7.83. The van der Waals surface area contributed by atoms with Crippen LogP contribution in [0, 0.1) is 0 Å². The molecule has 0 bridgehead atoms. The molecule has 1 atom stereocenters. The number of fused-ring (bicyclic) bond motifs is 2. The van der Waals surface area contributed by atoms with Gasteiger partial charge in [0.25, 0.3) is 11.1 Å². The fraction of sp³-hybridized carbons (Fsp3) is 0.261. The summed E-state index contributed by atoms with van der Waals surface area (Å²) in [5.41, 5.74) is 0.740. The summed E-state index contributed by atoms with van der Waals surface area (Å²) in [6, 6.07) is 16.3. The predicted molar refractivity (Wildman–Crippen MR) is 116 cm³/mol. The summed E-state index contributed by atoms with van der Waals surface area (Å²) in [7, 11) is 1.61. The number of nitrogens with zero attached hydrogens (tertiary/aromatic N) is 3. The highest BCUT2D eigenvalue weighted by Gasteiger charge is 2.25. The number of aromatic nitrogens is 3. The predicted octanol–water partition coefficient (Wildman–Crippen LogP) is 3.76. The fourth-order valence-electron chi connectivity index (χ4n) is 3.85. The van der Waals surface area contributed by atoms with Crippen molar-refractivity contribution in [1.29, 1.82) is 0 Å². The van der Waals surface area contributed by atoms with Crippen molar-refractivity contribution in [3.63, 3.8) is 0 Å². The lowest BCUT2D eigenvalue weighted by Crippen LogP contribution is -2.26. The highest BCUT2D eigenvalue weighted by Crippen LogP contribution is 2.34. The Morgan fingerprint density at radius 1 is 1.03 bits per heavy atom. The summed E-state index contributed by atoms with van der Waals surface area (Å²) in [5.74, 6) is 0.608. The molecule has 0 saturated heterocycles. The molecular formula is C23H22N4O2. The molecule has 1 saturated carbocycles. The van der Waals surface area contributed by atoms with Crippen LogP contribution in [0.5, 0.6) is 0 Å². The van der Waals surface area contributed by atoms with E-state index in [1.54, 1.807) is 17.8 Å². The van der Waals surface area contributed by atoms with Gasteiger partial charge in [0.05, 0.1) is 11.4 Å². The van der Waals surface area contributed by atoms with Crippen molar-refractivity contribution < 1.29 is 0 Å². The molecule has 1 aliphatic carbocycles. The molecule has 29 heavy (non-hydrogen) atoms. The molecule has 1 fully saturated rings. The average molecular weight is 386 g/mol. The summed E-state index contributed by atoms with van der Waals surface area (Å²) in [4.78, 5) is 25.0. The van der Waals surface area contributed by atoms with Crippen LogP contribution in [0.1, 0.15) is 37.4 Å². The summed E-state index contributed by atoms with van der Waals surface area (Å²) in [6.45, 7) is 2.07. The van der Waals surface area contributed by atoms with E-state index in [2.05, 4.69) is 47.7 Å². The van der Waals surface area contributed by atoms with Crippen molar-refractivity contribution in [1.82, 2.24) is 14.3 Å². The molecule has 5 rings (SSSR count). The summed E-state index contributed by atoms with van der Waals surface area (Å²) < 4.78 is 3.02. The first-order valence-electron chi connectivity index (χ1n) is 9.90. The molecule has 6 nitrogen and oxygen atoms in total. The minimum absolute atomic E-state index is 0.0193. The quantitative estimate of drug-likeness (QED) is 0.580. The van der Waals surface area contributed by atoms with Crippen molar-refractivity contribution in [3.8, 4) is 0 Å². The van der Waals surface area contributed by atoms with Gasteiger partial charge in [-0.25, -0.2) is 4.68 Å². The third kappa shape index (κ3) is 3.10. The maximum atomic E-state index is 12.6. The first-order chi connectivity index (χ1) is 14.0. The van der Waals surface area contributed by atoms with Gasteiger partial charge >= 0.3 is 0 Å². The van der Waals surface area contributed by atoms with Crippen molar-refractivity contribution >= 4 is 27.4 Å². The molecule has 2 aromatic heterocycles. The Morgan fingerprint density at radius 2 is 1.79 bits per heavy atom. The molecule has 0 unspecified atom stereocenters. The molecule has 4 aromatic rings. The highest BCUT2D eigenvalue weighted by molar-refractivity contribution is 5.90. The second kappa shape index (κ2) is 6.58. The molecule has 0 spiro atoms. The fourth-order valence-corrected chi connectivity index (χ4v) is 3.85. The molecule has 0 aliphatic heterocycles. The Morgan fingerprint density at radius 3 is 2.55 bits per heavy atom. The first-order valence-corrected chi connectivity index (χ1v) is 9.90. The Balaban J connectivity index is 1.59. The zero-order valence-corrected chi connectivity index (χ0v) is 16.4. The Labute approximate surface area is 167 Å². The molecule has 6 heteroatoms. The van der Waals surface area contributed by atoms with Crippen LogP contribution in [-0.2, 0) is 7.05 Å². The lowest BCUT2D eigenvalue weighted by molar-refractivity contribution is 0.698. The van der Waals surface area contributed by atoms with Gasteiger partial charge < -0.3 is 9.88 Å². The van der Waals surface area contributed by atoms with E-state index >= 15 is 0 Å². The number of rotatable bonds is 4. The average Bonchev–Trinajstić information content (AvgIpc) is 3.56. The first kappa shape index (κ1) is 17.7. The molecule has 1 N–H and O–H groups in total. The third-order valence-electron chi connectivity index (χ3n) is 5.68. The molecule has 2 aromatic carbocycles. The van der Waals surface area contributed by atoms with Crippen molar-refractivity contribution in [2.75, 3.05) is 5.32 Å². The van der Waals surface area contributed by atoms with Gasteiger partial charge in [-0.15, -0.1) is 0 Å². The van der Waals surface area contributed by atoms with Crippen molar-refractivity contribution in [3.05, 3.63) is 81.0 Å². The van der Waals surface area contributed by atoms with Gasteiger partial charge in [0.15, 0.2) is 5.82 Å².